The van der Waals surface area contributed by atoms with Crippen molar-refractivity contribution in [3.05, 3.63) is 41.5 Å². The number of benzene rings is 1. The molecule has 0 saturated carbocycles. The van der Waals surface area contributed by atoms with Gasteiger partial charge in [-0.2, -0.15) is 8.42 Å². The van der Waals surface area contributed by atoms with Crippen molar-refractivity contribution in [1.29, 1.82) is 0 Å². The van der Waals surface area contributed by atoms with Gasteiger partial charge in [0.1, 0.15) is 46.7 Å². The monoisotopic (exact) mass is 890 g/mol. The van der Waals surface area contributed by atoms with Crippen LogP contribution < -0.4 is 20.7 Å². The van der Waals surface area contributed by atoms with Crippen LogP contribution in [0.3, 0.4) is 0 Å². The molecule has 3 atom stereocenters. The molecule has 2 aliphatic heterocycles. The zero-order valence-electron chi connectivity index (χ0n) is 35.3. The van der Waals surface area contributed by atoms with Gasteiger partial charge in [0.05, 0.1) is 12.1 Å². The average molecular weight is 891 g/mol. The number of β-lactam (4-membered cyclic amide) rings is 1. The lowest BCUT2D eigenvalue weighted by Gasteiger charge is -2.42. The van der Waals surface area contributed by atoms with E-state index in [2.05, 4.69) is 31.1 Å². The Morgan fingerprint density at radius 1 is 0.984 bits per heavy atom. The van der Waals surface area contributed by atoms with E-state index in [0.717, 1.165) is 22.1 Å². The molecule has 3 aromatic rings. The number of nitrogens with zero attached hydrogens (tertiary/aromatic N) is 5. The number of aromatic nitrogens is 2. The van der Waals surface area contributed by atoms with Gasteiger partial charge in [0.2, 0.25) is 0 Å². The fourth-order valence-corrected chi connectivity index (χ4v) is 7.31. The SMILES string of the molecule is C[C@H]1[C@H](NC(=O)C(=NOC(COc2ccc3c(NC4CN(C(=O)OC(C)(C)C)C4)nccc3c2)C(=O)OC(C)(C)C)c2csc(NC(=O)OC(C)(C)C)n2)C(=O)N1S(=O)(=O)O. The van der Waals surface area contributed by atoms with Crippen LogP contribution in [0.4, 0.5) is 20.5 Å². The minimum absolute atomic E-state index is 0.0114. The summed E-state index contributed by atoms with van der Waals surface area (Å²) in [6.45, 7) is 17.0. The summed E-state index contributed by atoms with van der Waals surface area (Å²) in [5.74, 6) is -2.20. The lowest BCUT2D eigenvalue weighted by molar-refractivity contribution is -0.170. The Hall–Kier alpha value is -5.81. The number of hydrogen-bond donors (Lipinski definition) is 4. The first-order valence-electron chi connectivity index (χ1n) is 19.0. The third kappa shape index (κ3) is 12.4. The second-order valence-corrected chi connectivity index (χ2v) is 19.3. The molecule has 23 heteroatoms. The first-order chi connectivity index (χ1) is 28.2. The summed E-state index contributed by atoms with van der Waals surface area (Å²) in [6.07, 6.45) is -1.21. The predicted octanol–water partition coefficient (Wildman–Crippen LogP) is 4.10. The summed E-state index contributed by atoms with van der Waals surface area (Å²) in [4.78, 5) is 80.5. The second kappa shape index (κ2) is 17.7. The Bertz CT molecular complexity index is 2310. The number of rotatable bonds is 13. The van der Waals surface area contributed by atoms with Crippen LogP contribution in [0.1, 0.15) is 74.9 Å². The molecule has 2 fully saturated rings. The zero-order chi connectivity index (χ0) is 45.2. The Balaban J connectivity index is 1.35. The smallest absolute Gasteiger partial charge is 0.413 e. The first-order valence-corrected chi connectivity index (χ1v) is 21.3. The predicted molar refractivity (Wildman–Crippen MR) is 221 cm³/mol. The van der Waals surface area contributed by atoms with Gasteiger partial charge in [0.15, 0.2) is 10.8 Å². The highest BCUT2D eigenvalue weighted by atomic mass is 32.2. The molecule has 2 aliphatic rings. The molecule has 332 valence electrons. The topological polar surface area (TPSA) is 267 Å². The fraction of sp³-hybridized carbons (Fsp3) is 0.526. The molecule has 61 heavy (non-hydrogen) atoms. The van der Waals surface area contributed by atoms with Crippen molar-refractivity contribution in [2.75, 3.05) is 30.3 Å². The highest BCUT2D eigenvalue weighted by Crippen LogP contribution is 2.29. The van der Waals surface area contributed by atoms with E-state index in [1.807, 2.05) is 0 Å². The number of ether oxygens (including phenoxy) is 4. The number of carbonyl (C=O) groups is 5. The first kappa shape index (κ1) is 46.3. The van der Waals surface area contributed by atoms with Crippen molar-refractivity contribution in [1.82, 2.24) is 24.5 Å². The molecule has 4 N–H and O–H groups in total. The molecular weight excluding hydrogens is 841 g/mol. The van der Waals surface area contributed by atoms with Crippen molar-refractivity contribution in [3.63, 3.8) is 0 Å². The molecule has 4 amide bonds. The van der Waals surface area contributed by atoms with Gasteiger partial charge in [-0.3, -0.25) is 19.5 Å². The Labute approximate surface area is 356 Å². The van der Waals surface area contributed by atoms with E-state index in [0.29, 0.717) is 24.7 Å². The molecule has 2 aromatic heterocycles. The molecule has 4 heterocycles. The molecule has 0 aliphatic carbocycles. The van der Waals surface area contributed by atoms with Crippen molar-refractivity contribution in [2.45, 2.75) is 110 Å². The number of amides is 4. The van der Waals surface area contributed by atoms with E-state index in [4.69, 9.17) is 23.8 Å². The Morgan fingerprint density at radius 2 is 1.64 bits per heavy atom. The molecule has 1 unspecified atom stereocenters. The van der Waals surface area contributed by atoms with Crippen LogP contribution in [0, 0.1) is 0 Å². The van der Waals surface area contributed by atoms with E-state index >= 15 is 0 Å². The van der Waals surface area contributed by atoms with Crippen LogP contribution in [-0.4, -0.2) is 129 Å². The van der Waals surface area contributed by atoms with Crippen LogP contribution in [0.2, 0.25) is 0 Å². The minimum atomic E-state index is -4.90. The van der Waals surface area contributed by atoms with Crippen molar-refractivity contribution in [3.8, 4) is 5.75 Å². The van der Waals surface area contributed by atoms with Gasteiger partial charge in [0.25, 0.3) is 17.9 Å². The Morgan fingerprint density at radius 3 is 2.25 bits per heavy atom. The van der Waals surface area contributed by atoms with Gasteiger partial charge >= 0.3 is 28.5 Å². The maximum atomic E-state index is 13.7. The number of nitrogens with one attached hydrogen (secondary N) is 3. The van der Waals surface area contributed by atoms with Crippen LogP contribution in [0.15, 0.2) is 41.0 Å². The highest BCUT2D eigenvalue weighted by molar-refractivity contribution is 7.84. The lowest BCUT2D eigenvalue weighted by Crippen LogP contribution is -2.71. The standard InChI is InChI=1S/C38H50N8O13S2/c1-20-27(31(48)46(20)61(52,53)54)42-30(47)28(25-19-60-33(41-25)43-34(50)57-37(5,6)7)44-59-26(32(49)56-36(2,3)4)18-55-23-11-12-24-21(15-23)13-14-39-29(24)40-22-16-45(17-22)35(51)58-38(8,9)10/h11-15,19-20,22,26-27H,16-18H2,1-10H3,(H,39,40)(H,42,47)(H,41,43,50)(H,52,53,54)/t20-,26?,27-/m0/s1. The molecule has 0 radical (unpaired) electrons. The highest BCUT2D eigenvalue weighted by Gasteiger charge is 2.52. The summed E-state index contributed by atoms with van der Waals surface area (Å²) in [5, 5.41) is 14.9. The van der Waals surface area contributed by atoms with E-state index in [9.17, 15) is 36.9 Å². The third-order valence-corrected chi connectivity index (χ3v) is 10.2. The molecule has 0 bridgehead atoms. The number of oxime groups is 1. The van der Waals surface area contributed by atoms with Crippen molar-refractivity contribution in [2.24, 2.45) is 5.16 Å². The summed E-state index contributed by atoms with van der Waals surface area (Å²) in [5.41, 5.74) is -3.17. The van der Waals surface area contributed by atoms with Crippen LogP contribution >= 0.6 is 11.3 Å². The lowest BCUT2D eigenvalue weighted by atomic mass is 10.0. The zero-order valence-corrected chi connectivity index (χ0v) is 36.9. The van der Waals surface area contributed by atoms with Gasteiger partial charge in [-0.05, 0) is 98.9 Å². The van der Waals surface area contributed by atoms with Gasteiger partial charge in [0, 0.05) is 30.1 Å². The molecule has 5 rings (SSSR count). The van der Waals surface area contributed by atoms with Gasteiger partial charge in [-0.1, -0.05) is 5.16 Å². The van der Waals surface area contributed by atoms with E-state index in [1.165, 1.54) is 12.3 Å². The van der Waals surface area contributed by atoms with Crippen LogP contribution in [0.25, 0.3) is 10.8 Å². The summed E-state index contributed by atoms with van der Waals surface area (Å²) >= 11 is 0.888. The number of pyridine rings is 1. The number of fused-ring (bicyclic) bond motifs is 1. The van der Waals surface area contributed by atoms with Crippen molar-refractivity contribution >= 4 is 79.0 Å². The summed E-state index contributed by atoms with van der Waals surface area (Å²) < 4.78 is 55.2. The largest absolute Gasteiger partial charge is 0.489 e. The Kier molecular flexibility index (Phi) is 13.4. The summed E-state index contributed by atoms with van der Waals surface area (Å²) in [6, 6.07) is 4.27. The van der Waals surface area contributed by atoms with E-state index < -0.39 is 87.6 Å². The summed E-state index contributed by atoms with van der Waals surface area (Å²) in [7, 11) is -4.90. The van der Waals surface area contributed by atoms with Gasteiger partial charge in [-0.15, -0.1) is 11.3 Å². The van der Waals surface area contributed by atoms with E-state index in [-0.39, 0.29) is 21.2 Å². The van der Waals surface area contributed by atoms with E-state index in [1.54, 1.807) is 97.7 Å². The number of carbonyl (C=O) groups excluding carboxylic acids is 5. The number of anilines is 2. The second-order valence-electron chi connectivity index (χ2n) is 17.1. The maximum absolute atomic E-state index is 13.7. The number of hydrogen-bond acceptors (Lipinski definition) is 17. The fourth-order valence-electron chi connectivity index (χ4n) is 5.75. The normalized spacial score (nSPS) is 18.0. The quantitative estimate of drug-likeness (QED) is 0.0470. The molecular formula is C38H50N8O13S2. The van der Waals surface area contributed by atoms with Gasteiger partial charge < -0.3 is 39.3 Å². The van der Waals surface area contributed by atoms with Crippen molar-refractivity contribution < 1.29 is 60.7 Å². The maximum Gasteiger partial charge on any atom is 0.413 e. The third-order valence-electron chi connectivity index (χ3n) is 8.39. The molecule has 1 aromatic carbocycles. The number of esters is 1. The van der Waals surface area contributed by atoms with Gasteiger partial charge in [-0.25, -0.2) is 28.7 Å². The molecule has 2 saturated heterocycles. The molecule has 0 spiro atoms. The number of likely N-dealkylation sites (tertiary alicyclic amines) is 1. The van der Waals surface area contributed by atoms with Crippen LogP contribution in [0.5, 0.6) is 5.75 Å². The minimum Gasteiger partial charge on any atom is -0.489 e. The number of thiazole rings is 1. The van der Waals surface area contributed by atoms with Crippen LogP contribution in [-0.2, 0) is 43.7 Å². The molecule has 21 nitrogen and oxygen atoms in total. The average Bonchev–Trinajstić information content (AvgIpc) is 3.54.